The molecule has 1 amide bonds. The summed E-state index contributed by atoms with van der Waals surface area (Å²) in [7, 11) is 3.02. The molecule has 0 spiro atoms. The van der Waals surface area contributed by atoms with Crippen LogP contribution < -0.4 is 10.1 Å². The van der Waals surface area contributed by atoms with Crippen molar-refractivity contribution in [2.45, 2.75) is 6.61 Å². The summed E-state index contributed by atoms with van der Waals surface area (Å²) in [4.78, 5) is 22.6. The molecule has 0 fully saturated rings. The summed E-state index contributed by atoms with van der Waals surface area (Å²) in [5.41, 5.74) is 1.49. The number of anilines is 1. The Labute approximate surface area is 133 Å². The lowest BCUT2D eigenvalue weighted by atomic mass is 10.1. The minimum Gasteiger partial charge on any atom is -0.495 e. The number of nitro groups is 1. The van der Waals surface area contributed by atoms with Gasteiger partial charge in [0, 0.05) is 24.8 Å². The third-order valence-electron chi connectivity index (χ3n) is 3.17. The van der Waals surface area contributed by atoms with Gasteiger partial charge in [-0.25, -0.2) is 0 Å². The van der Waals surface area contributed by atoms with Crippen LogP contribution in [0, 0.1) is 10.1 Å². The predicted molar refractivity (Wildman–Crippen MR) is 84.8 cm³/mol. The first-order chi connectivity index (χ1) is 11.0. The average molecular weight is 316 g/mol. The van der Waals surface area contributed by atoms with Crippen molar-refractivity contribution in [1.82, 2.24) is 0 Å². The number of hydrogen-bond acceptors (Lipinski definition) is 5. The van der Waals surface area contributed by atoms with Crippen LogP contribution >= 0.6 is 0 Å². The van der Waals surface area contributed by atoms with E-state index in [1.165, 1.54) is 25.3 Å². The monoisotopic (exact) mass is 316 g/mol. The highest BCUT2D eigenvalue weighted by Gasteiger charge is 2.14. The van der Waals surface area contributed by atoms with Crippen molar-refractivity contribution in [2.24, 2.45) is 0 Å². The number of non-ortho nitro benzene ring substituents is 1. The molecule has 2 aromatic carbocycles. The summed E-state index contributed by atoms with van der Waals surface area (Å²) in [6.45, 7) is 0.459. The Bertz CT molecular complexity index is 713. The van der Waals surface area contributed by atoms with E-state index >= 15 is 0 Å². The van der Waals surface area contributed by atoms with Crippen molar-refractivity contribution in [3.8, 4) is 5.75 Å². The molecule has 0 aliphatic heterocycles. The number of nitro benzene ring substituents is 1. The Morgan fingerprint density at radius 1 is 1.17 bits per heavy atom. The van der Waals surface area contributed by atoms with E-state index in [0.29, 0.717) is 17.9 Å². The minimum atomic E-state index is -0.533. The standard InChI is InChI=1S/C16H16N2O5/c1-22-10-11-3-5-12(6-4-11)16(19)17-14-9-13(18(20)21)7-8-15(14)23-2/h3-9H,10H2,1-2H3,(H,17,19). The van der Waals surface area contributed by atoms with Crippen LogP contribution in [-0.4, -0.2) is 25.1 Å². The Morgan fingerprint density at radius 3 is 2.43 bits per heavy atom. The third kappa shape index (κ3) is 4.04. The fraction of sp³-hybridized carbons (Fsp3) is 0.188. The zero-order chi connectivity index (χ0) is 16.8. The van der Waals surface area contributed by atoms with Gasteiger partial charge < -0.3 is 14.8 Å². The first-order valence-electron chi connectivity index (χ1n) is 6.77. The van der Waals surface area contributed by atoms with Gasteiger partial charge in [0.15, 0.2) is 0 Å². The summed E-state index contributed by atoms with van der Waals surface area (Å²) in [6.07, 6.45) is 0. The molecule has 2 aromatic rings. The Kier molecular flexibility index (Phi) is 5.27. The zero-order valence-electron chi connectivity index (χ0n) is 12.7. The topological polar surface area (TPSA) is 90.7 Å². The van der Waals surface area contributed by atoms with Crippen molar-refractivity contribution in [1.29, 1.82) is 0 Å². The van der Waals surface area contributed by atoms with Gasteiger partial charge in [-0.15, -0.1) is 0 Å². The van der Waals surface area contributed by atoms with Gasteiger partial charge in [-0.05, 0) is 23.8 Å². The molecule has 120 valence electrons. The lowest BCUT2D eigenvalue weighted by Crippen LogP contribution is -2.13. The summed E-state index contributed by atoms with van der Waals surface area (Å²) in [5, 5.41) is 13.5. The Hall–Kier alpha value is -2.93. The van der Waals surface area contributed by atoms with Gasteiger partial charge in [0.2, 0.25) is 0 Å². The quantitative estimate of drug-likeness (QED) is 0.653. The molecule has 1 N–H and O–H groups in total. The summed E-state index contributed by atoms with van der Waals surface area (Å²) >= 11 is 0. The van der Waals surface area contributed by atoms with E-state index in [9.17, 15) is 14.9 Å². The van der Waals surface area contributed by atoms with Gasteiger partial charge in [-0.3, -0.25) is 14.9 Å². The maximum atomic E-state index is 12.3. The second-order valence-electron chi connectivity index (χ2n) is 4.73. The number of rotatable bonds is 6. The molecule has 23 heavy (non-hydrogen) atoms. The van der Waals surface area contributed by atoms with E-state index in [1.807, 2.05) is 0 Å². The van der Waals surface area contributed by atoms with Gasteiger partial charge in [0.05, 0.1) is 24.3 Å². The zero-order valence-corrected chi connectivity index (χ0v) is 12.7. The molecule has 0 heterocycles. The van der Waals surface area contributed by atoms with Crippen LogP contribution in [0.1, 0.15) is 15.9 Å². The molecule has 0 aliphatic rings. The van der Waals surface area contributed by atoms with Gasteiger partial charge >= 0.3 is 0 Å². The Balaban J connectivity index is 2.21. The van der Waals surface area contributed by atoms with E-state index in [4.69, 9.17) is 9.47 Å². The first-order valence-corrected chi connectivity index (χ1v) is 6.77. The summed E-state index contributed by atoms with van der Waals surface area (Å²) < 4.78 is 10.1. The van der Waals surface area contributed by atoms with Crippen LogP contribution in [0.2, 0.25) is 0 Å². The number of nitrogens with zero attached hydrogens (tertiary/aromatic N) is 1. The molecular formula is C16H16N2O5. The molecule has 0 atom stereocenters. The number of ether oxygens (including phenoxy) is 2. The SMILES string of the molecule is COCc1ccc(C(=O)Nc2cc([N+](=O)[O-])ccc2OC)cc1. The third-order valence-corrected chi connectivity index (χ3v) is 3.17. The molecule has 0 saturated heterocycles. The van der Waals surface area contributed by atoms with Crippen molar-refractivity contribution in [3.05, 3.63) is 63.7 Å². The highest BCUT2D eigenvalue weighted by Crippen LogP contribution is 2.29. The van der Waals surface area contributed by atoms with Gasteiger partial charge in [-0.2, -0.15) is 0 Å². The predicted octanol–water partition coefficient (Wildman–Crippen LogP) is 3.00. The number of amides is 1. The van der Waals surface area contributed by atoms with E-state index in [2.05, 4.69) is 5.32 Å². The molecular weight excluding hydrogens is 300 g/mol. The molecule has 7 nitrogen and oxygen atoms in total. The molecule has 0 aliphatic carbocycles. The number of carbonyl (C=O) groups excluding carboxylic acids is 1. The van der Waals surface area contributed by atoms with Gasteiger partial charge in [0.25, 0.3) is 11.6 Å². The lowest BCUT2D eigenvalue weighted by Gasteiger charge is -2.10. The van der Waals surface area contributed by atoms with Crippen LogP contribution in [0.15, 0.2) is 42.5 Å². The van der Waals surface area contributed by atoms with E-state index in [-0.39, 0.29) is 17.3 Å². The molecule has 2 rings (SSSR count). The molecule has 0 saturated carbocycles. The smallest absolute Gasteiger partial charge is 0.271 e. The normalized spacial score (nSPS) is 10.2. The average Bonchev–Trinajstić information content (AvgIpc) is 2.55. The van der Waals surface area contributed by atoms with Crippen molar-refractivity contribution in [2.75, 3.05) is 19.5 Å². The maximum Gasteiger partial charge on any atom is 0.271 e. The van der Waals surface area contributed by atoms with Gasteiger partial charge in [0.1, 0.15) is 5.75 Å². The van der Waals surface area contributed by atoms with E-state index in [1.54, 1.807) is 31.4 Å². The second kappa shape index (κ2) is 7.37. The van der Waals surface area contributed by atoms with Crippen LogP contribution in [0.25, 0.3) is 0 Å². The molecule has 0 radical (unpaired) electrons. The highest BCUT2D eigenvalue weighted by atomic mass is 16.6. The number of nitrogens with one attached hydrogen (secondary N) is 1. The fourth-order valence-corrected chi connectivity index (χ4v) is 2.02. The van der Waals surface area contributed by atoms with Crippen LogP contribution in [0.4, 0.5) is 11.4 Å². The summed E-state index contributed by atoms with van der Waals surface area (Å²) in [6, 6.07) is 10.9. The molecule has 0 bridgehead atoms. The van der Waals surface area contributed by atoms with Crippen LogP contribution in [0.3, 0.4) is 0 Å². The number of methoxy groups -OCH3 is 2. The van der Waals surface area contributed by atoms with Gasteiger partial charge in [-0.1, -0.05) is 12.1 Å². The minimum absolute atomic E-state index is 0.128. The Morgan fingerprint density at radius 2 is 1.87 bits per heavy atom. The lowest BCUT2D eigenvalue weighted by molar-refractivity contribution is -0.384. The number of benzene rings is 2. The molecule has 0 unspecified atom stereocenters. The van der Waals surface area contributed by atoms with Crippen molar-refractivity contribution in [3.63, 3.8) is 0 Å². The number of carbonyl (C=O) groups is 1. The largest absolute Gasteiger partial charge is 0.495 e. The second-order valence-corrected chi connectivity index (χ2v) is 4.73. The molecule has 0 aromatic heterocycles. The van der Waals surface area contributed by atoms with E-state index in [0.717, 1.165) is 5.56 Å². The maximum absolute atomic E-state index is 12.3. The molecule has 7 heteroatoms. The van der Waals surface area contributed by atoms with Crippen molar-refractivity contribution >= 4 is 17.3 Å². The fourth-order valence-electron chi connectivity index (χ4n) is 2.02. The van der Waals surface area contributed by atoms with E-state index < -0.39 is 4.92 Å². The number of hydrogen-bond donors (Lipinski definition) is 1. The van der Waals surface area contributed by atoms with Crippen LogP contribution in [0.5, 0.6) is 5.75 Å². The summed E-state index contributed by atoms with van der Waals surface area (Å²) in [5.74, 6) is -0.0345. The van der Waals surface area contributed by atoms with Crippen LogP contribution in [-0.2, 0) is 11.3 Å². The first kappa shape index (κ1) is 16.4. The van der Waals surface area contributed by atoms with Crippen molar-refractivity contribution < 1.29 is 19.2 Å². The highest BCUT2D eigenvalue weighted by molar-refractivity contribution is 6.05.